The normalized spacial score (nSPS) is 11.1. The lowest BCUT2D eigenvalue weighted by atomic mass is 10.1. The first-order chi connectivity index (χ1) is 12.3. The van der Waals surface area contributed by atoms with Crippen molar-refractivity contribution in [2.24, 2.45) is 11.8 Å². The van der Waals surface area contributed by atoms with Crippen LogP contribution in [0.25, 0.3) is 11.3 Å². The Kier molecular flexibility index (Phi) is 6.66. The summed E-state index contributed by atoms with van der Waals surface area (Å²) in [5.74, 6) is 2.39. The van der Waals surface area contributed by atoms with Crippen LogP contribution in [0.2, 0.25) is 0 Å². The van der Waals surface area contributed by atoms with Crippen LogP contribution >= 0.6 is 0 Å². The van der Waals surface area contributed by atoms with E-state index in [4.69, 9.17) is 14.0 Å². The fourth-order valence-corrected chi connectivity index (χ4v) is 2.75. The third-order valence-corrected chi connectivity index (χ3v) is 3.98. The van der Waals surface area contributed by atoms with E-state index in [9.17, 15) is 4.79 Å². The van der Waals surface area contributed by atoms with Gasteiger partial charge in [0.2, 0.25) is 5.91 Å². The maximum absolute atomic E-state index is 12.5. The molecule has 6 nitrogen and oxygen atoms in total. The molecule has 0 aliphatic carbocycles. The lowest BCUT2D eigenvalue weighted by Crippen LogP contribution is -2.36. The van der Waals surface area contributed by atoms with Crippen LogP contribution in [0.15, 0.2) is 28.8 Å². The Labute approximate surface area is 155 Å². The molecule has 0 aliphatic rings. The molecule has 142 valence electrons. The number of carbonyl (C=O) groups is 1. The molecule has 6 heteroatoms. The monoisotopic (exact) mass is 360 g/mol. The number of hydrogen-bond donors (Lipinski definition) is 0. The molecule has 2 aromatic rings. The Balaban J connectivity index is 2.27. The third-order valence-electron chi connectivity index (χ3n) is 3.98. The summed E-state index contributed by atoms with van der Waals surface area (Å²) in [6, 6.07) is 7.33. The van der Waals surface area contributed by atoms with Crippen molar-refractivity contribution >= 4 is 5.91 Å². The second-order valence-electron chi connectivity index (χ2n) is 7.02. The molecule has 0 saturated heterocycles. The van der Waals surface area contributed by atoms with Crippen LogP contribution in [0.3, 0.4) is 0 Å². The average molecular weight is 360 g/mol. The van der Waals surface area contributed by atoms with Gasteiger partial charge in [-0.2, -0.15) is 0 Å². The van der Waals surface area contributed by atoms with E-state index in [-0.39, 0.29) is 11.8 Å². The van der Waals surface area contributed by atoms with Gasteiger partial charge in [-0.3, -0.25) is 4.79 Å². The molecule has 26 heavy (non-hydrogen) atoms. The molecule has 2 rings (SSSR count). The van der Waals surface area contributed by atoms with Crippen molar-refractivity contribution in [3.63, 3.8) is 0 Å². The van der Waals surface area contributed by atoms with E-state index < -0.39 is 0 Å². The predicted octanol–water partition coefficient (Wildman–Crippen LogP) is 4.00. The standard InChI is InChI=1S/C20H28N2O4/c1-13(2)11-22(20(23)14(3)4)12-15-9-19(26-21-15)17-10-16(24-5)7-8-18(17)25-6/h7-10,13-14H,11-12H2,1-6H3. The van der Waals surface area contributed by atoms with Gasteiger partial charge >= 0.3 is 0 Å². The van der Waals surface area contributed by atoms with Crippen LogP contribution in [0.4, 0.5) is 0 Å². The minimum absolute atomic E-state index is 0.0569. The number of nitrogens with zero attached hydrogens (tertiary/aromatic N) is 2. The third kappa shape index (κ3) is 4.77. The summed E-state index contributed by atoms with van der Waals surface area (Å²) in [6.07, 6.45) is 0. The Hall–Kier alpha value is -2.50. The Morgan fingerprint density at radius 3 is 2.46 bits per heavy atom. The quantitative estimate of drug-likeness (QED) is 0.712. The van der Waals surface area contributed by atoms with Crippen LogP contribution in [-0.2, 0) is 11.3 Å². The number of carbonyl (C=O) groups excluding carboxylic acids is 1. The van der Waals surface area contributed by atoms with Gasteiger partial charge in [0, 0.05) is 18.5 Å². The highest BCUT2D eigenvalue weighted by molar-refractivity contribution is 5.78. The minimum Gasteiger partial charge on any atom is -0.497 e. The summed E-state index contributed by atoms with van der Waals surface area (Å²) >= 11 is 0. The average Bonchev–Trinajstić information content (AvgIpc) is 3.07. The Morgan fingerprint density at radius 2 is 1.88 bits per heavy atom. The van der Waals surface area contributed by atoms with Gasteiger partial charge in [-0.25, -0.2) is 0 Å². The van der Waals surface area contributed by atoms with E-state index in [2.05, 4.69) is 19.0 Å². The molecule has 0 spiro atoms. The number of hydrogen-bond acceptors (Lipinski definition) is 5. The van der Waals surface area contributed by atoms with Crippen molar-refractivity contribution in [1.82, 2.24) is 10.1 Å². The summed E-state index contributed by atoms with van der Waals surface area (Å²) in [7, 11) is 3.22. The van der Waals surface area contributed by atoms with Crippen molar-refractivity contribution in [1.29, 1.82) is 0 Å². The van der Waals surface area contributed by atoms with E-state index >= 15 is 0 Å². The van der Waals surface area contributed by atoms with Gasteiger partial charge in [0.25, 0.3) is 0 Å². The molecule has 0 bridgehead atoms. The number of amides is 1. The maximum atomic E-state index is 12.5. The molecule has 1 aromatic carbocycles. The summed E-state index contributed by atoms with van der Waals surface area (Å²) in [4.78, 5) is 14.3. The van der Waals surface area contributed by atoms with Gasteiger partial charge in [0.15, 0.2) is 5.76 Å². The van der Waals surface area contributed by atoms with Crippen molar-refractivity contribution in [2.45, 2.75) is 34.2 Å². The van der Waals surface area contributed by atoms with E-state index in [1.807, 2.05) is 43.0 Å². The SMILES string of the molecule is COc1ccc(OC)c(-c2cc(CN(CC(C)C)C(=O)C(C)C)no2)c1. The Morgan fingerprint density at radius 1 is 1.15 bits per heavy atom. The van der Waals surface area contributed by atoms with Crippen molar-refractivity contribution < 1.29 is 18.8 Å². The summed E-state index contributed by atoms with van der Waals surface area (Å²) < 4.78 is 16.2. The largest absolute Gasteiger partial charge is 0.497 e. The van der Waals surface area contributed by atoms with Crippen LogP contribution in [0.1, 0.15) is 33.4 Å². The second kappa shape index (κ2) is 8.74. The molecule has 1 aromatic heterocycles. The lowest BCUT2D eigenvalue weighted by molar-refractivity contribution is -0.135. The first-order valence-corrected chi connectivity index (χ1v) is 8.82. The summed E-state index contributed by atoms with van der Waals surface area (Å²) in [5, 5.41) is 4.15. The molecular formula is C20H28N2O4. The molecule has 0 atom stereocenters. The van der Waals surface area contributed by atoms with Gasteiger partial charge in [-0.1, -0.05) is 32.9 Å². The van der Waals surface area contributed by atoms with E-state index in [1.54, 1.807) is 14.2 Å². The molecule has 0 N–H and O–H groups in total. The van der Waals surface area contributed by atoms with Crippen LogP contribution < -0.4 is 9.47 Å². The van der Waals surface area contributed by atoms with Crippen LogP contribution in [0, 0.1) is 11.8 Å². The minimum atomic E-state index is -0.0569. The fourth-order valence-electron chi connectivity index (χ4n) is 2.75. The van der Waals surface area contributed by atoms with Gasteiger partial charge in [0.05, 0.1) is 26.3 Å². The number of ether oxygens (including phenoxy) is 2. The zero-order valence-corrected chi connectivity index (χ0v) is 16.4. The van der Waals surface area contributed by atoms with Crippen molar-refractivity contribution in [3.05, 3.63) is 30.0 Å². The zero-order chi connectivity index (χ0) is 19.3. The highest BCUT2D eigenvalue weighted by Gasteiger charge is 2.21. The van der Waals surface area contributed by atoms with E-state index in [0.717, 1.165) is 5.56 Å². The number of rotatable bonds is 8. The summed E-state index contributed by atoms with van der Waals surface area (Å²) in [6.45, 7) is 9.11. The number of benzene rings is 1. The maximum Gasteiger partial charge on any atom is 0.225 e. The van der Waals surface area contributed by atoms with Crippen LogP contribution in [-0.4, -0.2) is 36.7 Å². The highest BCUT2D eigenvalue weighted by atomic mass is 16.5. The lowest BCUT2D eigenvalue weighted by Gasteiger charge is -2.25. The van der Waals surface area contributed by atoms with Gasteiger partial charge in [-0.15, -0.1) is 0 Å². The first-order valence-electron chi connectivity index (χ1n) is 8.82. The topological polar surface area (TPSA) is 64.8 Å². The first kappa shape index (κ1) is 19.8. The predicted molar refractivity (Wildman–Crippen MR) is 100 cm³/mol. The van der Waals surface area contributed by atoms with E-state index in [0.29, 0.717) is 42.0 Å². The van der Waals surface area contributed by atoms with Gasteiger partial charge in [0.1, 0.15) is 17.2 Å². The molecule has 0 fully saturated rings. The van der Waals surface area contributed by atoms with Crippen molar-refractivity contribution in [3.8, 4) is 22.8 Å². The summed E-state index contributed by atoms with van der Waals surface area (Å²) in [5.41, 5.74) is 1.47. The van der Waals surface area contributed by atoms with Crippen molar-refractivity contribution in [2.75, 3.05) is 20.8 Å². The fraction of sp³-hybridized carbons (Fsp3) is 0.500. The molecular weight excluding hydrogens is 332 g/mol. The molecule has 1 amide bonds. The molecule has 0 aliphatic heterocycles. The molecule has 0 radical (unpaired) electrons. The van der Waals surface area contributed by atoms with Gasteiger partial charge < -0.3 is 18.9 Å². The highest BCUT2D eigenvalue weighted by Crippen LogP contribution is 2.34. The number of methoxy groups -OCH3 is 2. The van der Waals surface area contributed by atoms with E-state index in [1.165, 1.54) is 0 Å². The Bertz CT molecular complexity index is 737. The van der Waals surface area contributed by atoms with Crippen LogP contribution in [0.5, 0.6) is 11.5 Å². The smallest absolute Gasteiger partial charge is 0.225 e. The molecule has 0 unspecified atom stereocenters. The molecule has 0 saturated carbocycles. The number of aromatic nitrogens is 1. The van der Waals surface area contributed by atoms with Gasteiger partial charge in [-0.05, 0) is 24.1 Å². The molecule has 1 heterocycles. The zero-order valence-electron chi connectivity index (χ0n) is 16.4. The second-order valence-corrected chi connectivity index (χ2v) is 7.02.